The Morgan fingerprint density at radius 1 is 1.27 bits per heavy atom. The van der Waals surface area contributed by atoms with Gasteiger partial charge in [0.2, 0.25) is 0 Å². The van der Waals surface area contributed by atoms with Crippen molar-refractivity contribution in [3.05, 3.63) is 18.2 Å². The number of nitrogens with one attached hydrogen (secondary N) is 1. The monoisotopic (exact) mass is 373 g/mol. The van der Waals surface area contributed by atoms with Crippen molar-refractivity contribution < 1.29 is 9.53 Å². The van der Waals surface area contributed by atoms with E-state index in [1.807, 2.05) is 12.1 Å². The highest BCUT2D eigenvalue weighted by molar-refractivity contribution is 7.26. The molecule has 2 heterocycles. The van der Waals surface area contributed by atoms with E-state index in [-0.39, 0.29) is 5.78 Å². The predicted octanol–water partition coefficient (Wildman–Crippen LogP) is 5.23. The smallest absolute Gasteiger partial charge is 0.142 e. The zero-order valence-electron chi connectivity index (χ0n) is 15.8. The number of anilines is 1. The lowest BCUT2D eigenvalue weighted by Crippen LogP contribution is -2.11. The Kier molecular flexibility index (Phi) is 6.14. The molecule has 26 heavy (non-hydrogen) atoms. The van der Waals surface area contributed by atoms with Crippen molar-refractivity contribution in [3.63, 3.8) is 0 Å². The number of thiophene rings is 1. The molecule has 0 radical (unpaired) electrons. The van der Waals surface area contributed by atoms with Crippen LogP contribution < -0.4 is 10.1 Å². The third kappa shape index (κ3) is 3.85. The largest absolute Gasteiger partial charge is 0.492 e. The molecular formula is C20H27N3O2S. The molecule has 0 bridgehead atoms. The summed E-state index contributed by atoms with van der Waals surface area (Å²) in [5.41, 5.74) is 1.02. The van der Waals surface area contributed by atoms with Crippen molar-refractivity contribution in [3.8, 4) is 5.75 Å². The first kappa shape index (κ1) is 18.7. The molecule has 6 heteroatoms. The first-order chi connectivity index (χ1) is 12.7. The highest BCUT2D eigenvalue weighted by Gasteiger charge is 2.18. The lowest BCUT2D eigenvalue weighted by Gasteiger charge is -2.09. The van der Waals surface area contributed by atoms with Gasteiger partial charge in [-0.25, -0.2) is 4.68 Å². The van der Waals surface area contributed by atoms with E-state index in [2.05, 4.69) is 29.9 Å². The maximum Gasteiger partial charge on any atom is 0.142 e. The number of ether oxygens (including phenoxy) is 1. The number of hydrogen-bond acceptors (Lipinski definition) is 5. The highest BCUT2D eigenvalue weighted by Crippen LogP contribution is 2.42. The highest BCUT2D eigenvalue weighted by atomic mass is 32.1. The van der Waals surface area contributed by atoms with E-state index < -0.39 is 0 Å². The van der Waals surface area contributed by atoms with Gasteiger partial charge in [0.05, 0.1) is 16.0 Å². The van der Waals surface area contributed by atoms with Gasteiger partial charge in [0.15, 0.2) is 0 Å². The fourth-order valence-corrected chi connectivity index (χ4v) is 4.18. The van der Waals surface area contributed by atoms with Crippen LogP contribution >= 0.6 is 11.3 Å². The average Bonchev–Trinajstić information content (AvgIpc) is 3.15. The molecule has 0 amide bonds. The van der Waals surface area contributed by atoms with Crippen molar-refractivity contribution >= 4 is 43.2 Å². The normalized spacial score (nSPS) is 11.3. The lowest BCUT2D eigenvalue weighted by molar-refractivity contribution is -0.116. The van der Waals surface area contributed by atoms with E-state index in [1.54, 1.807) is 18.3 Å². The van der Waals surface area contributed by atoms with Gasteiger partial charge in [-0.3, -0.25) is 4.79 Å². The Balaban J connectivity index is 2.03. The van der Waals surface area contributed by atoms with Crippen LogP contribution in [-0.2, 0) is 11.3 Å². The summed E-state index contributed by atoms with van der Waals surface area (Å²) >= 11 is 1.72. The number of aryl methyl sites for hydroxylation is 1. The minimum absolute atomic E-state index is 0.194. The van der Waals surface area contributed by atoms with Crippen LogP contribution in [0, 0.1) is 0 Å². The summed E-state index contributed by atoms with van der Waals surface area (Å²) < 4.78 is 10.3. The molecule has 0 aliphatic rings. The van der Waals surface area contributed by atoms with Crippen LogP contribution in [0.15, 0.2) is 18.2 Å². The summed E-state index contributed by atoms with van der Waals surface area (Å²) in [4.78, 5) is 11.3. The first-order valence-corrected chi connectivity index (χ1v) is 10.3. The molecule has 1 N–H and O–H groups in total. The Hall–Kier alpha value is -2.08. The summed E-state index contributed by atoms with van der Waals surface area (Å²) in [6.07, 6.45) is 3.71. The quantitative estimate of drug-likeness (QED) is 0.528. The zero-order chi connectivity index (χ0) is 18.5. The van der Waals surface area contributed by atoms with Gasteiger partial charge in [0.1, 0.15) is 22.9 Å². The number of Topliss-reactive ketones (excluding diaryl/α,β-unsaturated/α-hetero) is 1. The standard InChI is InChI=1S/C20H27N3O2S/c1-4-6-12-23-20(21-11-10-14(3)24)19-17(22-23)15-8-7-9-16(18(15)26-19)25-13-5-2/h7-9,21H,4-6,10-13H2,1-3H3. The second-order valence-corrected chi connectivity index (χ2v) is 7.59. The summed E-state index contributed by atoms with van der Waals surface area (Å²) in [5, 5.41) is 9.47. The second-order valence-electron chi connectivity index (χ2n) is 6.57. The van der Waals surface area contributed by atoms with Gasteiger partial charge in [-0.05, 0) is 25.8 Å². The Bertz CT molecular complexity index is 897. The summed E-state index contributed by atoms with van der Waals surface area (Å²) in [7, 11) is 0. The third-order valence-electron chi connectivity index (χ3n) is 4.30. The molecule has 3 aromatic rings. The molecule has 0 saturated heterocycles. The number of aromatic nitrogens is 2. The van der Waals surface area contributed by atoms with Gasteiger partial charge in [-0.2, -0.15) is 5.10 Å². The van der Waals surface area contributed by atoms with Crippen LogP contribution in [-0.4, -0.2) is 28.7 Å². The lowest BCUT2D eigenvalue weighted by atomic mass is 10.2. The summed E-state index contributed by atoms with van der Waals surface area (Å²) in [5.74, 6) is 2.15. The molecule has 1 aromatic carbocycles. The van der Waals surface area contributed by atoms with Crippen molar-refractivity contribution in [1.82, 2.24) is 9.78 Å². The molecule has 140 valence electrons. The number of rotatable bonds is 10. The van der Waals surface area contributed by atoms with E-state index in [0.717, 1.165) is 64.3 Å². The molecule has 0 spiro atoms. The van der Waals surface area contributed by atoms with Gasteiger partial charge in [-0.1, -0.05) is 32.4 Å². The Morgan fingerprint density at radius 2 is 2.12 bits per heavy atom. The van der Waals surface area contributed by atoms with E-state index in [0.29, 0.717) is 13.0 Å². The number of benzene rings is 1. The van der Waals surface area contributed by atoms with Gasteiger partial charge in [0.25, 0.3) is 0 Å². The van der Waals surface area contributed by atoms with E-state index in [1.165, 1.54) is 0 Å². The molecule has 0 saturated carbocycles. The topological polar surface area (TPSA) is 56.1 Å². The van der Waals surface area contributed by atoms with Crippen molar-refractivity contribution in [2.45, 2.75) is 53.0 Å². The average molecular weight is 374 g/mol. The van der Waals surface area contributed by atoms with Gasteiger partial charge < -0.3 is 10.1 Å². The SMILES string of the molecule is CCCCn1nc2c(sc3c(OCCC)cccc32)c1NCCC(C)=O. The fourth-order valence-electron chi connectivity index (χ4n) is 2.95. The van der Waals surface area contributed by atoms with Gasteiger partial charge in [-0.15, -0.1) is 11.3 Å². The van der Waals surface area contributed by atoms with Gasteiger partial charge in [0, 0.05) is 24.9 Å². The molecule has 0 fully saturated rings. The fraction of sp³-hybridized carbons (Fsp3) is 0.500. The minimum Gasteiger partial charge on any atom is -0.492 e. The number of ketones is 1. The van der Waals surface area contributed by atoms with E-state index in [4.69, 9.17) is 9.84 Å². The Labute approximate surface area is 158 Å². The zero-order valence-corrected chi connectivity index (χ0v) is 16.6. The van der Waals surface area contributed by atoms with Crippen molar-refractivity contribution in [1.29, 1.82) is 0 Å². The molecule has 0 atom stereocenters. The second kappa shape index (κ2) is 8.54. The summed E-state index contributed by atoms with van der Waals surface area (Å²) in [6, 6.07) is 6.18. The number of hydrogen-bond donors (Lipinski definition) is 1. The maximum atomic E-state index is 11.3. The molecular weight excluding hydrogens is 346 g/mol. The third-order valence-corrected chi connectivity index (χ3v) is 5.52. The number of unbranched alkanes of at least 4 members (excludes halogenated alkanes) is 1. The van der Waals surface area contributed by atoms with Crippen LogP contribution in [0.25, 0.3) is 20.3 Å². The molecule has 0 aliphatic heterocycles. The number of nitrogens with zero attached hydrogens (tertiary/aromatic N) is 2. The van der Waals surface area contributed by atoms with Crippen molar-refractivity contribution in [2.24, 2.45) is 0 Å². The molecule has 5 nitrogen and oxygen atoms in total. The van der Waals surface area contributed by atoms with Crippen LogP contribution in [0.1, 0.15) is 46.5 Å². The Morgan fingerprint density at radius 3 is 2.85 bits per heavy atom. The maximum absolute atomic E-state index is 11.3. The predicted molar refractivity (Wildman–Crippen MR) is 110 cm³/mol. The van der Waals surface area contributed by atoms with Crippen LogP contribution in [0.4, 0.5) is 5.82 Å². The van der Waals surface area contributed by atoms with Crippen LogP contribution in [0.5, 0.6) is 5.75 Å². The van der Waals surface area contributed by atoms with Crippen LogP contribution in [0.2, 0.25) is 0 Å². The number of carbonyl (C=O) groups excluding carboxylic acids is 1. The minimum atomic E-state index is 0.194. The molecule has 3 rings (SSSR count). The van der Waals surface area contributed by atoms with Gasteiger partial charge >= 0.3 is 0 Å². The summed E-state index contributed by atoms with van der Waals surface area (Å²) in [6.45, 7) is 8.16. The van der Waals surface area contributed by atoms with Crippen LogP contribution in [0.3, 0.4) is 0 Å². The number of carbonyl (C=O) groups is 1. The van der Waals surface area contributed by atoms with Crippen molar-refractivity contribution in [2.75, 3.05) is 18.5 Å². The molecule has 0 aliphatic carbocycles. The molecule has 0 unspecified atom stereocenters. The number of fused-ring (bicyclic) bond motifs is 3. The van der Waals surface area contributed by atoms with E-state index in [9.17, 15) is 4.79 Å². The van der Waals surface area contributed by atoms with E-state index >= 15 is 0 Å². The molecule has 2 aromatic heterocycles. The first-order valence-electron chi connectivity index (χ1n) is 9.43.